The molecule has 3 aliphatic heterocycles. The first-order valence-corrected chi connectivity index (χ1v) is 13.5. The molecule has 7 heteroatoms. The first-order chi connectivity index (χ1) is 16.3. The lowest BCUT2D eigenvalue weighted by Crippen LogP contribution is -2.74. The van der Waals surface area contributed by atoms with Crippen LogP contribution in [0.5, 0.6) is 0 Å². The highest BCUT2D eigenvalue weighted by molar-refractivity contribution is 5.83. The Balaban J connectivity index is 1.51. The van der Waals surface area contributed by atoms with Gasteiger partial charge in [-0.15, -0.1) is 0 Å². The van der Waals surface area contributed by atoms with Crippen molar-refractivity contribution < 1.29 is 28.9 Å². The van der Waals surface area contributed by atoms with Crippen LogP contribution in [0.25, 0.3) is 0 Å². The van der Waals surface area contributed by atoms with Crippen LogP contribution in [-0.4, -0.2) is 60.2 Å². The zero-order chi connectivity index (χ0) is 25.2. The van der Waals surface area contributed by atoms with Crippen LogP contribution < -0.4 is 5.32 Å². The lowest BCUT2D eigenvalue weighted by molar-refractivity contribution is -0.272. The number of fused-ring (bicyclic) bond motifs is 3. The van der Waals surface area contributed by atoms with Crippen LogP contribution in [0.2, 0.25) is 0 Å². The van der Waals surface area contributed by atoms with Gasteiger partial charge in [-0.1, -0.05) is 40.7 Å². The number of rotatable bonds is 2. The van der Waals surface area contributed by atoms with E-state index >= 15 is 0 Å². The van der Waals surface area contributed by atoms with Crippen LogP contribution in [0, 0.1) is 33.5 Å². The Hall–Kier alpha value is -1.44. The molecule has 0 aromatic carbocycles. The number of epoxide rings is 1. The van der Waals surface area contributed by atoms with E-state index in [9.17, 15) is 14.7 Å². The van der Waals surface area contributed by atoms with Gasteiger partial charge in [-0.3, -0.25) is 4.79 Å². The van der Waals surface area contributed by atoms with E-state index in [0.29, 0.717) is 13.0 Å². The first-order valence-electron chi connectivity index (χ1n) is 13.5. The third-order valence-electron chi connectivity index (χ3n) is 11.9. The Labute approximate surface area is 208 Å². The molecular weight excluding hydrogens is 446 g/mol. The maximum absolute atomic E-state index is 13.3. The van der Waals surface area contributed by atoms with Gasteiger partial charge in [0.25, 0.3) is 0 Å². The van der Waals surface area contributed by atoms with E-state index in [4.69, 9.17) is 14.2 Å². The smallest absolute Gasteiger partial charge is 0.339 e. The minimum atomic E-state index is -0.735. The SMILES string of the molecule is CC(=O)O[C@@H]1CC2C(C)(C)[C@H](O)CC[C@]2(C)C2CC[C@@]3(C)[C@H](C4=CCNC4)OC(=O)C4OC43[C@@]21C. The zero-order valence-corrected chi connectivity index (χ0v) is 22.0. The molecule has 0 radical (unpaired) electrons. The van der Waals surface area contributed by atoms with Crippen molar-refractivity contribution in [3.63, 3.8) is 0 Å². The molecule has 2 saturated heterocycles. The second-order valence-corrected chi connectivity index (χ2v) is 13.5. The van der Waals surface area contributed by atoms with Gasteiger partial charge >= 0.3 is 11.9 Å². The Bertz CT molecular complexity index is 1010. The lowest BCUT2D eigenvalue weighted by atomic mass is 9.34. The highest BCUT2D eigenvalue weighted by Crippen LogP contribution is 2.79. The molecule has 0 aromatic rings. The summed E-state index contributed by atoms with van der Waals surface area (Å²) in [7, 11) is 0. The van der Waals surface area contributed by atoms with Crippen molar-refractivity contribution in [2.75, 3.05) is 13.1 Å². The van der Waals surface area contributed by atoms with Crippen molar-refractivity contribution >= 4 is 11.9 Å². The largest absolute Gasteiger partial charge is 0.462 e. The number of esters is 2. The minimum Gasteiger partial charge on any atom is -0.462 e. The van der Waals surface area contributed by atoms with Crippen molar-refractivity contribution in [2.45, 2.75) is 104 Å². The molecule has 10 atom stereocenters. The first kappa shape index (κ1) is 23.9. The van der Waals surface area contributed by atoms with Gasteiger partial charge in [-0.05, 0) is 60.3 Å². The topological polar surface area (TPSA) is 97.4 Å². The summed E-state index contributed by atoms with van der Waals surface area (Å²) in [6.45, 7) is 14.2. The summed E-state index contributed by atoms with van der Waals surface area (Å²) in [4.78, 5) is 25.8. The Kier molecular flexibility index (Phi) is 4.86. The number of nitrogens with one attached hydrogen (secondary N) is 1. The Morgan fingerprint density at radius 2 is 1.86 bits per heavy atom. The molecule has 6 rings (SSSR count). The maximum Gasteiger partial charge on any atom is 0.339 e. The van der Waals surface area contributed by atoms with Gasteiger partial charge in [0.15, 0.2) is 6.10 Å². The average Bonchev–Trinajstić information content (AvgIpc) is 3.35. The number of hydrogen-bond acceptors (Lipinski definition) is 7. The summed E-state index contributed by atoms with van der Waals surface area (Å²) < 4.78 is 18.9. The van der Waals surface area contributed by atoms with Crippen molar-refractivity contribution in [3.8, 4) is 0 Å². The van der Waals surface area contributed by atoms with Crippen LogP contribution in [0.4, 0.5) is 0 Å². The molecule has 0 amide bonds. The van der Waals surface area contributed by atoms with E-state index in [0.717, 1.165) is 37.8 Å². The van der Waals surface area contributed by atoms with Crippen molar-refractivity contribution in [3.05, 3.63) is 11.6 Å². The fourth-order valence-corrected chi connectivity index (χ4v) is 10.2. The predicted molar refractivity (Wildman–Crippen MR) is 128 cm³/mol. The second-order valence-electron chi connectivity index (χ2n) is 13.5. The predicted octanol–water partition coefficient (Wildman–Crippen LogP) is 3.14. The molecule has 3 aliphatic carbocycles. The number of ether oxygens (including phenoxy) is 3. The van der Waals surface area contributed by atoms with Gasteiger partial charge in [-0.2, -0.15) is 0 Å². The van der Waals surface area contributed by atoms with E-state index in [1.165, 1.54) is 6.92 Å². The number of cyclic esters (lactones) is 1. The molecule has 6 aliphatic rings. The van der Waals surface area contributed by atoms with Crippen LogP contribution in [0.3, 0.4) is 0 Å². The minimum absolute atomic E-state index is 0.0499. The van der Waals surface area contributed by atoms with Crippen molar-refractivity contribution in [2.24, 2.45) is 33.5 Å². The average molecular weight is 488 g/mol. The highest BCUT2D eigenvalue weighted by atomic mass is 16.7. The van der Waals surface area contributed by atoms with Gasteiger partial charge in [0.05, 0.1) is 6.10 Å². The van der Waals surface area contributed by atoms with E-state index in [-0.39, 0.29) is 52.9 Å². The number of carbonyl (C=O) groups is 2. The normalized spacial score (nSPS) is 53.8. The molecule has 7 nitrogen and oxygen atoms in total. The monoisotopic (exact) mass is 487 g/mol. The van der Waals surface area contributed by atoms with Crippen LogP contribution in [-0.2, 0) is 23.8 Å². The number of aliphatic hydroxyl groups is 1. The summed E-state index contributed by atoms with van der Waals surface area (Å²) in [6.07, 6.45) is 4.63. The summed E-state index contributed by atoms with van der Waals surface area (Å²) in [6, 6.07) is 0. The lowest BCUT2D eigenvalue weighted by Gasteiger charge is -2.70. The van der Waals surface area contributed by atoms with Crippen molar-refractivity contribution in [1.82, 2.24) is 5.32 Å². The highest BCUT2D eigenvalue weighted by Gasteiger charge is 2.88. The number of carbonyl (C=O) groups excluding carboxylic acids is 2. The molecule has 3 saturated carbocycles. The molecular formula is C28H41NO6. The summed E-state index contributed by atoms with van der Waals surface area (Å²) in [5.74, 6) is -0.181. The fraction of sp³-hybridized carbons (Fsp3) is 0.857. The summed E-state index contributed by atoms with van der Waals surface area (Å²) in [5.41, 5.74) is -0.887. The van der Waals surface area contributed by atoms with Crippen LogP contribution in [0.15, 0.2) is 11.6 Å². The summed E-state index contributed by atoms with van der Waals surface area (Å²) in [5, 5.41) is 14.4. The number of aliphatic hydroxyl groups excluding tert-OH is 1. The van der Waals surface area contributed by atoms with Crippen LogP contribution in [0.1, 0.15) is 73.6 Å². The van der Waals surface area contributed by atoms with E-state index in [2.05, 4.69) is 46.0 Å². The third kappa shape index (κ3) is 2.68. The van der Waals surface area contributed by atoms with E-state index < -0.39 is 22.5 Å². The molecule has 194 valence electrons. The fourth-order valence-electron chi connectivity index (χ4n) is 10.2. The molecule has 0 aromatic heterocycles. The standard InChI is InChI=1S/C28H41NO6/c1-15(30)33-20-13-18-24(2,3)19(31)8-10-25(18,4)17-7-11-26(5)21(16-9-12-29-14-16)34-23(32)22-28(26,35-22)27(17,20)6/h9,17-22,29,31H,7-8,10-14H2,1-6H3/t17?,18?,19-,20-,21+,22?,25-,26+,27+,28?/m1/s1. The van der Waals surface area contributed by atoms with Gasteiger partial charge in [0.2, 0.25) is 0 Å². The van der Waals surface area contributed by atoms with Gasteiger partial charge in [-0.25, -0.2) is 4.79 Å². The molecule has 0 bridgehead atoms. The van der Waals surface area contributed by atoms with Crippen LogP contribution >= 0.6 is 0 Å². The van der Waals surface area contributed by atoms with E-state index in [1.54, 1.807) is 0 Å². The second kappa shape index (κ2) is 7.11. The Morgan fingerprint density at radius 3 is 2.51 bits per heavy atom. The third-order valence-corrected chi connectivity index (χ3v) is 11.9. The summed E-state index contributed by atoms with van der Waals surface area (Å²) >= 11 is 0. The molecule has 2 N–H and O–H groups in total. The van der Waals surface area contributed by atoms with Gasteiger partial charge in [0, 0.05) is 30.8 Å². The maximum atomic E-state index is 13.3. The zero-order valence-electron chi connectivity index (χ0n) is 22.0. The quantitative estimate of drug-likeness (QED) is 0.351. The van der Waals surface area contributed by atoms with Gasteiger partial charge < -0.3 is 24.6 Å². The number of hydrogen-bond donors (Lipinski definition) is 2. The van der Waals surface area contributed by atoms with Crippen molar-refractivity contribution in [1.29, 1.82) is 0 Å². The molecule has 3 heterocycles. The Morgan fingerprint density at radius 1 is 1.11 bits per heavy atom. The van der Waals surface area contributed by atoms with E-state index in [1.807, 2.05) is 0 Å². The molecule has 1 spiro atoms. The molecule has 4 unspecified atom stereocenters. The molecule has 5 fully saturated rings. The molecule has 35 heavy (non-hydrogen) atoms. The van der Waals surface area contributed by atoms with Gasteiger partial charge in [0.1, 0.15) is 17.8 Å².